The maximum absolute atomic E-state index is 13.6. The molecule has 2 aromatic rings. The number of hydrogen-bond donors (Lipinski definition) is 2. The minimum Gasteiger partial charge on any atom is -0.481 e. The van der Waals surface area contributed by atoms with E-state index in [0.29, 0.717) is 30.5 Å². The number of aliphatic imine (C=N–C) groups is 1. The minimum absolute atomic E-state index is 0. The lowest BCUT2D eigenvalue weighted by Crippen LogP contribution is -2.36. The summed E-state index contributed by atoms with van der Waals surface area (Å²) in [7, 11) is 3.24. The van der Waals surface area contributed by atoms with E-state index in [1.54, 1.807) is 38.4 Å². The number of nitrogens with one attached hydrogen (secondary N) is 2. The second-order valence-corrected chi connectivity index (χ2v) is 4.54. The molecule has 1 aromatic heterocycles. The monoisotopic (exact) mass is 430 g/mol. The first-order valence-electron chi connectivity index (χ1n) is 6.90. The number of methoxy groups -OCH3 is 1. The summed E-state index contributed by atoms with van der Waals surface area (Å²) in [4.78, 5) is 8.41. The van der Waals surface area contributed by atoms with Crippen molar-refractivity contribution < 1.29 is 9.13 Å². The Bertz CT molecular complexity index is 651. The molecule has 0 saturated heterocycles. The van der Waals surface area contributed by atoms with Crippen LogP contribution in [-0.2, 0) is 13.1 Å². The summed E-state index contributed by atoms with van der Waals surface area (Å²) in [6.45, 7) is 0.853. The van der Waals surface area contributed by atoms with E-state index in [4.69, 9.17) is 4.74 Å². The lowest BCUT2D eigenvalue weighted by molar-refractivity contribution is 0.396. The van der Waals surface area contributed by atoms with Gasteiger partial charge in [0, 0.05) is 25.2 Å². The van der Waals surface area contributed by atoms with Crippen molar-refractivity contribution in [2.45, 2.75) is 13.1 Å². The quantitative estimate of drug-likeness (QED) is 0.435. The Morgan fingerprint density at radius 1 is 1.13 bits per heavy atom. The number of hydrogen-bond acceptors (Lipinski definition) is 3. The normalized spacial score (nSPS) is 10.7. The topological polar surface area (TPSA) is 58.5 Å². The molecule has 5 nitrogen and oxygen atoms in total. The Morgan fingerprint density at radius 3 is 2.57 bits per heavy atom. The summed E-state index contributed by atoms with van der Waals surface area (Å²) in [6.07, 6.45) is 0. The number of nitrogens with zero attached hydrogens (tertiary/aromatic N) is 2. The maximum Gasteiger partial charge on any atom is 0.213 e. The Kier molecular flexibility index (Phi) is 8.31. The summed E-state index contributed by atoms with van der Waals surface area (Å²) in [5.41, 5.74) is 1.41. The number of aromatic nitrogens is 1. The highest BCUT2D eigenvalue weighted by molar-refractivity contribution is 14.0. The van der Waals surface area contributed by atoms with E-state index < -0.39 is 0 Å². The second-order valence-electron chi connectivity index (χ2n) is 4.54. The Morgan fingerprint density at radius 2 is 1.87 bits per heavy atom. The predicted molar refractivity (Wildman–Crippen MR) is 99.6 cm³/mol. The average Bonchev–Trinajstić information content (AvgIpc) is 2.56. The summed E-state index contributed by atoms with van der Waals surface area (Å²) in [6, 6.07) is 12.2. The van der Waals surface area contributed by atoms with Crippen molar-refractivity contribution in [2.24, 2.45) is 4.99 Å². The van der Waals surface area contributed by atoms with Gasteiger partial charge in [0.25, 0.3) is 0 Å². The van der Waals surface area contributed by atoms with Gasteiger partial charge in [-0.1, -0.05) is 24.3 Å². The summed E-state index contributed by atoms with van der Waals surface area (Å²) >= 11 is 0. The van der Waals surface area contributed by atoms with Crippen molar-refractivity contribution >= 4 is 29.9 Å². The van der Waals surface area contributed by atoms with Gasteiger partial charge in [-0.05, 0) is 12.1 Å². The maximum atomic E-state index is 13.6. The lowest BCUT2D eigenvalue weighted by Gasteiger charge is -2.12. The molecule has 0 aliphatic heterocycles. The van der Waals surface area contributed by atoms with Gasteiger partial charge in [-0.2, -0.15) is 0 Å². The largest absolute Gasteiger partial charge is 0.481 e. The fourth-order valence-electron chi connectivity index (χ4n) is 1.89. The molecule has 0 spiro atoms. The van der Waals surface area contributed by atoms with E-state index in [1.807, 2.05) is 12.1 Å². The molecule has 0 radical (unpaired) electrons. The fraction of sp³-hybridized carbons (Fsp3) is 0.250. The van der Waals surface area contributed by atoms with Crippen LogP contribution in [0, 0.1) is 5.82 Å². The number of guanidine groups is 1. The van der Waals surface area contributed by atoms with Gasteiger partial charge in [0.05, 0.1) is 19.3 Å². The van der Waals surface area contributed by atoms with Crippen molar-refractivity contribution in [1.29, 1.82) is 0 Å². The predicted octanol–water partition coefficient (Wildman–Crippen LogP) is 2.71. The molecule has 23 heavy (non-hydrogen) atoms. The van der Waals surface area contributed by atoms with Crippen molar-refractivity contribution in [2.75, 3.05) is 14.2 Å². The van der Waals surface area contributed by atoms with E-state index in [9.17, 15) is 4.39 Å². The van der Waals surface area contributed by atoms with E-state index in [1.165, 1.54) is 6.07 Å². The molecule has 2 N–H and O–H groups in total. The summed E-state index contributed by atoms with van der Waals surface area (Å²) in [5, 5.41) is 6.19. The molecule has 0 atom stereocenters. The van der Waals surface area contributed by atoms with Crippen LogP contribution in [0.15, 0.2) is 47.5 Å². The number of pyridine rings is 1. The fourth-order valence-corrected chi connectivity index (χ4v) is 1.89. The highest BCUT2D eigenvalue weighted by Crippen LogP contribution is 2.07. The van der Waals surface area contributed by atoms with Crippen molar-refractivity contribution in [3.05, 3.63) is 59.5 Å². The Labute approximate surface area is 152 Å². The van der Waals surface area contributed by atoms with E-state index in [2.05, 4.69) is 20.6 Å². The van der Waals surface area contributed by atoms with Gasteiger partial charge < -0.3 is 15.4 Å². The molecule has 1 heterocycles. The zero-order valence-electron chi connectivity index (χ0n) is 13.0. The molecule has 0 bridgehead atoms. The highest BCUT2D eigenvalue weighted by Gasteiger charge is 2.03. The molecule has 0 aliphatic rings. The summed E-state index contributed by atoms with van der Waals surface area (Å²) in [5.74, 6) is 0.904. The smallest absolute Gasteiger partial charge is 0.213 e. The molecular formula is C16H20FIN4O. The van der Waals surface area contributed by atoms with Crippen LogP contribution in [-0.4, -0.2) is 25.1 Å². The van der Waals surface area contributed by atoms with E-state index in [-0.39, 0.29) is 29.8 Å². The van der Waals surface area contributed by atoms with Gasteiger partial charge in [0.1, 0.15) is 5.82 Å². The molecule has 7 heteroatoms. The third-order valence-electron chi connectivity index (χ3n) is 3.06. The first kappa shape index (κ1) is 19.1. The molecular weight excluding hydrogens is 410 g/mol. The number of benzene rings is 1. The van der Waals surface area contributed by atoms with Crippen LogP contribution in [0.1, 0.15) is 11.3 Å². The van der Waals surface area contributed by atoms with Gasteiger partial charge >= 0.3 is 0 Å². The second kappa shape index (κ2) is 9.98. The SMILES string of the molecule is CN=C(NCc1cccc(OC)n1)NCc1ccccc1F.I. The third-order valence-corrected chi connectivity index (χ3v) is 3.06. The highest BCUT2D eigenvalue weighted by atomic mass is 127. The van der Waals surface area contributed by atoms with Gasteiger partial charge in [-0.25, -0.2) is 9.37 Å². The average molecular weight is 430 g/mol. The van der Waals surface area contributed by atoms with Crippen LogP contribution in [0.3, 0.4) is 0 Å². The van der Waals surface area contributed by atoms with Crippen LogP contribution in [0.4, 0.5) is 4.39 Å². The van der Waals surface area contributed by atoms with Crippen LogP contribution in [0.25, 0.3) is 0 Å². The zero-order valence-corrected chi connectivity index (χ0v) is 15.4. The van der Waals surface area contributed by atoms with Crippen molar-refractivity contribution in [3.8, 4) is 5.88 Å². The van der Waals surface area contributed by atoms with Crippen molar-refractivity contribution in [1.82, 2.24) is 15.6 Å². The van der Waals surface area contributed by atoms with Crippen LogP contribution >= 0.6 is 24.0 Å². The van der Waals surface area contributed by atoms with Crippen LogP contribution in [0.2, 0.25) is 0 Å². The van der Waals surface area contributed by atoms with Gasteiger partial charge in [0.2, 0.25) is 5.88 Å². The summed E-state index contributed by atoms with van der Waals surface area (Å²) < 4.78 is 18.6. The molecule has 1 aromatic carbocycles. The van der Waals surface area contributed by atoms with E-state index >= 15 is 0 Å². The molecule has 124 valence electrons. The molecule has 0 amide bonds. The Hall–Kier alpha value is -1.90. The van der Waals surface area contributed by atoms with E-state index in [0.717, 1.165) is 5.69 Å². The molecule has 0 fully saturated rings. The molecule has 2 rings (SSSR count). The van der Waals surface area contributed by atoms with Crippen molar-refractivity contribution in [3.63, 3.8) is 0 Å². The first-order valence-corrected chi connectivity index (χ1v) is 6.90. The molecule has 0 saturated carbocycles. The minimum atomic E-state index is -0.236. The Balaban J connectivity index is 0.00000264. The van der Waals surface area contributed by atoms with Gasteiger partial charge in [0.15, 0.2) is 5.96 Å². The molecule has 0 aliphatic carbocycles. The number of halogens is 2. The third kappa shape index (κ3) is 6.01. The zero-order chi connectivity index (χ0) is 15.8. The van der Waals surface area contributed by atoms with Crippen LogP contribution < -0.4 is 15.4 Å². The first-order chi connectivity index (χ1) is 10.7. The lowest BCUT2D eigenvalue weighted by atomic mass is 10.2. The standard InChI is InChI=1S/C16H19FN4O.HI/c1-18-16(19-10-12-6-3-4-8-14(12)17)20-11-13-7-5-9-15(21-13)22-2;/h3-9H,10-11H2,1-2H3,(H2,18,19,20);1H. The van der Waals surface area contributed by atoms with Gasteiger partial charge in [-0.3, -0.25) is 4.99 Å². The number of ether oxygens (including phenoxy) is 1. The number of rotatable bonds is 5. The van der Waals surface area contributed by atoms with Gasteiger partial charge in [-0.15, -0.1) is 24.0 Å². The van der Waals surface area contributed by atoms with Crippen LogP contribution in [0.5, 0.6) is 5.88 Å². The molecule has 0 unspecified atom stereocenters.